The van der Waals surface area contributed by atoms with Crippen molar-refractivity contribution in [3.63, 3.8) is 0 Å². The second-order valence-corrected chi connectivity index (χ2v) is 4.95. The van der Waals surface area contributed by atoms with Gasteiger partial charge in [-0.3, -0.25) is 4.79 Å². The molecule has 0 unspecified atom stereocenters. The van der Waals surface area contributed by atoms with Crippen molar-refractivity contribution in [3.8, 4) is 17.2 Å². The molecule has 0 saturated heterocycles. The van der Waals surface area contributed by atoms with Gasteiger partial charge in [-0.1, -0.05) is 0 Å². The molecule has 3 N–H and O–H groups in total. The van der Waals surface area contributed by atoms with Crippen LogP contribution < -0.4 is 15.2 Å². The number of esters is 1. The zero-order valence-electron chi connectivity index (χ0n) is 12.4. The highest BCUT2D eigenvalue weighted by Gasteiger charge is 2.39. The summed E-state index contributed by atoms with van der Waals surface area (Å²) in [5.41, 5.74) is 5.45. The van der Waals surface area contributed by atoms with Crippen LogP contribution in [0, 0.1) is 5.41 Å². The summed E-state index contributed by atoms with van der Waals surface area (Å²) in [5.74, 6) is 0.227. The third kappa shape index (κ3) is 2.80. The molecular formula is C14H21NO5. The molecule has 6 heteroatoms. The van der Waals surface area contributed by atoms with Crippen LogP contribution in [0.4, 0.5) is 0 Å². The van der Waals surface area contributed by atoms with Crippen molar-refractivity contribution in [2.24, 2.45) is 11.1 Å². The van der Waals surface area contributed by atoms with E-state index in [1.807, 2.05) is 0 Å². The number of phenols is 1. The highest BCUT2D eigenvalue weighted by molar-refractivity contribution is 5.77. The predicted molar refractivity (Wildman–Crippen MR) is 73.9 cm³/mol. The molecule has 1 aromatic rings. The summed E-state index contributed by atoms with van der Waals surface area (Å²) in [5, 5.41) is 10.1. The zero-order chi connectivity index (χ0) is 15.5. The second-order valence-electron chi connectivity index (χ2n) is 4.95. The molecule has 112 valence electrons. The molecule has 0 aromatic heterocycles. The Labute approximate surface area is 118 Å². The average molecular weight is 283 g/mol. The molecule has 0 heterocycles. The van der Waals surface area contributed by atoms with E-state index in [0.29, 0.717) is 17.1 Å². The van der Waals surface area contributed by atoms with E-state index < -0.39 is 17.4 Å². The summed E-state index contributed by atoms with van der Waals surface area (Å²) in [4.78, 5) is 11.8. The molecule has 0 aliphatic rings. The number of phenolic OH excluding ortho intramolecular Hbond substituents is 1. The van der Waals surface area contributed by atoms with Crippen molar-refractivity contribution in [3.05, 3.63) is 17.7 Å². The van der Waals surface area contributed by atoms with Crippen molar-refractivity contribution in [1.29, 1.82) is 0 Å². The molecule has 6 nitrogen and oxygen atoms in total. The van der Waals surface area contributed by atoms with E-state index in [-0.39, 0.29) is 5.75 Å². The van der Waals surface area contributed by atoms with Crippen LogP contribution >= 0.6 is 0 Å². The van der Waals surface area contributed by atoms with Crippen molar-refractivity contribution < 1.29 is 24.1 Å². The lowest BCUT2D eigenvalue weighted by molar-refractivity contribution is -0.152. The fraction of sp³-hybridized carbons (Fsp3) is 0.500. The summed E-state index contributed by atoms with van der Waals surface area (Å²) in [6, 6.07) is 2.23. The second kappa shape index (κ2) is 6.00. The summed E-state index contributed by atoms with van der Waals surface area (Å²) in [6.07, 6.45) is 0. The smallest absolute Gasteiger partial charge is 0.313 e. The van der Waals surface area contributed by atoms with E-state index >= 15 is 0 Å². The van der Waals surface area contributed by atoms with Crippen LogP contribution in [0.15, 0.2) is 12.1 Å². The Morgan fingerprint density at radius 1 is 1.25 bits per heavy atom. The van der Waals surface area contributed by atoms with Gasteiger partial charge >= 0.3 is 5.97 Å². The van der Waals surface area contributed by atoms with E-state index in [2.05, 4.69) is 0 Å². The Morgan fingerprint density at radius 3 is 2.30 bits per heavy atom. The van der Waals surface area contributed by atoms with Gasteiger partial charge in [-0.25, -0.2) is 0 Å². The van der Waals surface area contributed by atoms with Crippen molar-refractivity contribution >= 4 is 5.97 Å². The van der Waals surface area contributed by atoms with Gasteiger partial charge in [0.25, 0.3) is 0 Å². The molecule has 1 aromatic carbocycles. The number of aromatic hydroxyl groups is 1. The molecule has 1 atom stereocenters. The molecule has 0 aliphatic carbocycles. The first-order chi connectivity index (χ1) is 9.29. The number of hydrogen-bond acceptors (Lipinski definition) is 6. The molecule has 0 saturated carbocycles. The summed E-state index contributed by atoms with van der Waals surface area (Å²) < 4.78 is 15.0. The van der Waals surface area contributed by atoms with Crippen molar-refractivity contribution in [2.45, 2.75) is 19.9 Å². The number of ether oxygens (including phenoxy) is 3. The van der Waals surface area contributed by atoms with Gasteiger partial charge in [0.05, 0.1) is 38.3 Å². The van der Waals surface area contributed by atoms with Crippen molar-refractivity contribution in [2.75, 3.05) is 21.3 Å². The molecule has 0 amide bonds. The highest BCUT2D eigenvalue weighted by Crippen LogP contribution is 2.43. The molecular weight excluding hydrogens is 262 g/mol. The standard InChI is InChI=1S/C14H21NO5/c1-14(2,13(17)20-5)12(15)11-9(16)6-8(18-3)7-10(11)19-4/h6-7,12,16H,15H2,1-5H3/t12-/m1/s1. The maximum atomic E-state index is 11.8. The maximum absolute atomic E-state index is 11.8. The number of carbonyl (C=O) groups excluding carboxylic acids is 1. The molecule has 0 fully saturated rings. The van der Waals surface area contributed by atoms with Crippen molar-refractivity contribution in [1.82, 2.24) is 0 Å². The lowest BCUT2D eigenvalue weighted by Gasteiger charge is -2.30. The Balaban J connectivity index is 3.35. The van der Waals surface area contributed by atoms with Gasteiger partial charge in [-0.05, 0) is 13.8 Å². The fourth-order valence-electron chi connectivity index (χ4n) is 1.94. The predicted octanol–water partition coefficient (Wildman–Crippen LogP) is 1.61. The number of rotatable bonds is 5. The number of benzene rings is 1. The van der Waals surface area contributed by atoms with Gasteiger partial charge in [-0.2, -0.15) is 0 Å². The minimum atomic E-state index is -1.02. The van der Waals surface area contributed by atoms with E-state index in [9.17, 15) is 9.90 Å². The molecule has 0 aliphatic heterocycles. The lowest BCUT2D eigenvalue weighted by atomic mass is 9.80. The summed E-state index contributed by atoms with van der Waals surface area (Å²) in [6.45, 7) is 3.29. The van der Waals surface area contributed by atoms with Gasteiger partial charge in [0.15, 0.2) is 0 Å². The topological polar surface area (TPSA) is 91.0 Å². The van der Waals surface area contributed by atoms with Gasteiger partial charge < -0.3 is 25.1 Å². The quantitative estimate of drug-likeness (QED) is 0.798. The maximum Gasteiger partial charge on any atom is 0.313 e. The van der Waals surface area contributed by atoms with Gasteiger partial charge in [0.1, 0.15) is 17.2 Å². The SMILES string of the molecule is COC(=O)C(C)(C)[C@H](N)c1c(O)cc(OC)cc1OC. The zero-order valence-corrected chi connectivity index (χ0v) is 12.4. The Hall–Kier alpha value is -1.95. The third-order valence-corrected chi connectivity index (χ3v) is 3.35. The largest absolute Gasteiger partial charge is 0.507 e. The summed E-state index contributed by atoms with van der Waals surface area (Å²) >= 11 is 0. The highest BCUT2D eigenvalue weighted by atomic mass is 16.5. The Bertz CT molecular complexity index is 499. The van der Waals surface area contributed by atoms with E-state index in [1.165, 1.54) is 27.4 Å². The Kier molecular flexibility index (Phi) is 4.83. The minimum absolute atomic E-state index is 0.0920. The number of nitrogens with two attached hydrogens (primary N) is 1. The normalized spacial score (nSPS) is 12.7. The average Bonchev–Trinajstić information content (AvgIpc) is 2.44. The number of methoxy groups -OCH3 is 3. The monoisotopic (exact) mass is 283 g/mol. The van der Waals surface area contributed by atoms with Crippen LogP contribution in [0.25, 0.3) is 0 Å². The van der Waals surface area contributed by atoms with Crippen LogP contribution in [-0.4, -0.2) is 32.4 Å². The van der Waals surface area contributed by atoms with Gasteiger partial charge in [0.2, 0.25) is 0 Å². The van der Waals surface area contributed by atoms with Crippen LogP contribution in [0.2, 0.25) is 0 Å². The third-order valence-electron chi connectivity index (χ3n) is 3.35. The number of hydrogen-bond donors (Lipinski definition) is 2. The van der Waals surface area contributed by atoms with E-state index in [4.69, 9.17) is 19.9 Å². The van der Waals surface area contributed by atoms with Crippen LogP contribution in [0.1, 0.15) is 25.5 Å². The van der Waals surface area contributed by atoms with Crippen LogP contribution in [0.5, 0.6) is 17.2 Å². The first kappa shape index (κ1) is 16.1. The Morgan fingerprint density at radius 2 is 1.85 bits per heavy atom. The van der Waals surface area contributed by atoms with Gasteiger partial charge in [0, 0.05) is 12.1 Å². The fourth-order valence-corrected chi connectivity index (χ4v) is 1.94. The number of carbonyl (C=O) groups is 1. The molecule has 0 radical (unpaired) electrons. The lowest BCUT2D eigenvalue weighted by Crippen LogP contribution is -2.37. The van der Waals surface area contributed by atoms with E-state index in [0.717, 1.165) is 0 Å². The van der Waals surface area contributed by atoms with Crippen LogP contribution in [0.3, 0.4) is 0 Å². The first-order valence-electron chi connectivity index (χ1n) is 6.08. The van der Waals surface area contributed by atoms with E-state index in [1.54, 1.807) is 19.9 Å². The van der Waals surface area contributed by atoms with Crippen LogP contribution in [-0.2, 0) is 9.53 Å². The first-order valence-corrected chi connectivity index (χ1v) is 6.08. The van der Waals surface area contributed by atoms with Gasteiger partial charge in [-0.15, -0.1) is 0 Å². The molecule has 0 bridgehead atoms. The molecule has 0 spiro atoms. The minimum Gasteiger partial charge on any atom is -0.507 e. The summed E-state index contributed by atoms with van der Waals surface area (Å²) in [7, 11) is 4.23. The molecule has 20 heavy (non-hydrogen) atoms. The molecule has 1 rings (SSSR count).